The van der Waals surface area contributed by atoms with Crippen molar-refractivity contribution in [3.8, 4) is 0 Å². The number of nitrogens with zero attached hydrogens (tertiary/aromatic N) is 1. The molecule has 16 heavy (non-hydrogen) atoms. The number of aliphatic hydroxyl groups excluding tert-OH is 1. The maximum atomic E-state index is 11.7. The van der Waals surface area contributed by atoms with Crippen molar-refractivity contribution in [2.45, 2.75) is 52.2 Å². The minimum atomic E-state index is -0.450. The molecule has 2 atom stereocenters. The third-order valence-corrected chi connectivity index (χ3v) is 2.85. The molecule has 0 aromatic heterocycles. The van der Waals surface area contributed by atoms with Gasteiger partial charge in [0.1, 0.15) is 0 Å². The van der Waals surface area contributed by atoms with Gasteiger partial charge in [-0.25, -0.2) is 0 Å². The van der Waals surface area contributed by atoms with Gasteiger partial charge in [0, 0.05) is 13.1 Å². The number of amides is 1. The quantitative estimate of drug-likeness (QED) is 0.748. The van der Waals surface area contributed by atoms with Gasteiger partial charge >= 0.3 is 0 Å². The lowest BCUT2D eigenvalue weighted by atomic mass is 9.89. The second-order valence-corrected chi connectivity index (χ2v) is 5.95. The summed E-state index contributed by atoms with van der Waals surface area (Å²) >= 11 is 0. The molecule has 3 N–H and O–H groups in total. The van der Waals surface area contributed by atoms with E-state index in [0.717, 1.165) is 19.4 Å². The predicted octanol–water partition coefficient (Wildman–Crippen LogP) is 0.733. The number of carbonyl (C=O) groups is 1. The summed E-state index contributed by atoms with van der Waals surface area (Å²) in [6.45, 7) is 7.40. The second-order valence-electron chi connectivity index (χ2n) is 5.95. The topological polar surface area (TPSA) is 66.6 Å². The zero-order chi connectivity index (χ0) is 12.3. The van der Waals surface area contributed by atoms with Gasteiger partial charge in [-0.05, 0) is 24.7 Å². The monoisotopic (exact) mass is 228 g/mol. The Morgan fingerprint density at radius 1 is 1.56 bits per heavy atom. The number of hydrogen-bond acceptors (Lipinski definition) is 3. The average molecular weight is 228 g/mol. The molecule has 0 aliphatic carbocycles. The largest absolute Gasteiger partial charge is 0.391 e. The Kier molecular flexibility index (Phi) is 4.33. The fourth-order valence-corrected chi connectivity index (χ4v) is 2.18. The summed E-state index contributed by atoms with van der Waals surface area (Å²) in [7, 11) is 0. The summed E-state index contributed by atoms with van der Waals surface area (Å²) in [6, 6.07) is -0.365. The molecule has 0 bridgehead atoms. The van der Waals surface area contributed by atoms with Gasteiger partial charge in [0.05, 0.1) is 12.1 Å². The molecule has 1 aliphatic heterocycles. The Morgan fingerprint density at radius 2 is 2.19 bits per heavy atom. The molecule has 2 unspecified atom stereocenters. The number of hydrogen-bond donors (Lipinski definition) is 2. The van der Waals surface area contributed by atoms with Gasteiger partial charge in [-0.15, -0.1) is 0 Å². The Labute approximate surface area is 97.8 Å². The first kappa shape index (κ1) is 13.5. The van der Waals surface area contributed by atoms with Gasteiger partial charge in [-0.2, -0.15) is 0 Å². The first-order valence-corrected chi connectivity index (χ1v) is 6.02. The number of piperidine rings is 1. The van der Waals surface area contributed by atoms with Gasteiger partial charge in [-0.3, -0.25) is 4.79 Å². The Hall–Kier alpha value is -0.610. The molecule has 0 spiro atoms. The van der Waals surface area contributed by atoms with Crippen LogP contribution < -0.4 is 5.73 Å². The van der Waals surface area contributed by atoms with Crippen LogP contribution in [-0.2, 0) is 4.79 Å². The number of aliphatic hydroxyl groups is 1. The molecule has 1 rings (SSSR count). The summed E-state index contributed by atoms with van der Waals surface area (Å²) in [5, 5.41) is 9.91. The van der Waals surface area contributed by atoms with E-state index in [1.807, 2.05) is 0 Å². The molecule has 0 saturated carbocycles. The first-order chi connectivity index (χ1) is 7.29. The fraction of sp³-hybridized carbons (Fsp3) is 0.917. The molecular formula is C12H24N2O2. The average Bonchev–Trinajstić information content (AvgIpc) is 2.09. The van der Waals surface area contributed by atoms with Crippen molar-refractivity contribution in [3.05, 3.63) is 0 Å². The van der Waals surface area contributed by atoms with Crippen LogP contribution in [0.3, 0.4) is 0 Å². The van der Waals surface area contributed by atoms with Crippen molar-refractivity contribution < 1.29 is 9.90 Å². The van der Waals surface area contributed by atoms with Crippen LogP contribution in [0.25, 0.3) is 0 Å². The number of β-amino-alcohol motifs (C(OH)–C–C–N with tert-alkyl or cyclic N) is 1. The minimum absolute atomic E-state index is 0.0146. The van der Waals surface area contributed by atoms with Gasteiger partial charge in [-0.1, -0.05) is 20.8 Å². The number of nitrogens with two attached hydrogens (primary N) is 1. The summed E-state index contributed by atoms with van der Waals surface area (Å²) < 4.78 is 0. The number of likely N-dealkylation sites (tertiary alicyclic amines) is 1. The van der Waals surface area contributed by atoms with Crippen molar-refractivity contribution in [2.24, 2.45) is 11.1 Å². The van der Waals surface area contributed by atoms with Crippen LogP contribution in [0.15, 0.2) is 0 Å². The fourth-order valence-electron chi connectivity index (χ4n) is 2.18. The van der Waals surface area contributed by atoms with Gasteiger partial charge in [0.25, 0.3) is 0 Å². The van der Waals surface area contributed by atoms with Gasteiger partial charge in [0.15, 0.2) is 0 Å². The summed E-state index contributed by atoms with van der Waals surface area (Å²) in [5.74, 6) is -0.0146. The highest BCUT2D eigenvalue weighted by atomic mass is 16.3. The summed E-state index contributed by atoms with van der Waals surface area (Å²) in [6.07, 6.45) is 1.96. The summed E-state index contributed by atoms with van der Waals surface area (Å²) in [5.41, 5.74) is 5.78. The second kappa shape index (κ2) is 5.15. The van der Waals surface area contributed by atoms with E-state index in [0.29, 0.717) is 13.0 Å². The lowest BCUT2D eigenvalue weighted by Crippen LogP contribution is -2.50. The molecule has 4 nitrogen and oxygen atoms in total. The van der Waals surface area contributed by atoms with Crippen LogP contribution in [0.4, 0.5) is 0 Å². The molecule has 1 fully saturated rings. The molecule has 1 amide bonds. The molecule has 1 saturated heterocycles. The Bertz CT molecular complexity index is 248. The normalized spacial score (nSPS) is 24.7. The zero-order valence-electron chi connectivity index (χ0n) is 10.6. The molecular weight excluding hydrogens is 204 g/mol. The van der Waals surface area contributed by atoms with Crippen LogP contribution in [-0.4, -0.2) is 41.1 Å². The van der Waals surface area contributed by atoms with Crippen LogP contribution >= 0.6 is 0 Å². The van der Waals surface area contributed by atoms with Crippen LogP contribution in [0, 0.1) is 5.41 Å². The van der Waals surface area contributed by atoms with E-state index in [-0.39, 0.29) is 17.4 Å². The standard InChI is InChI=1S/C12H24N2O2/c1-12(2,3)7-9(15)8-14-6-4-5-10(13)11(14)16/h9-10,15H,4-8,13H2,1-3H3. The maximum Gasteiger partial charge on any atom is 0.239 e. The Balaban J connectivity index is 2.44. The van der Waals surface area contributed by atoms with Crippen molar-refractivity contribution in [3.63, 3.8) is 0 Å². The van der Waals surface area contributed by atoms with E-state index >= 15 is 0 Å². The zero-order valence-corrected chi connectivity index (χ0v) is 10.6. The molecule has 4 heteroatoms. The van der Waals surface area contributed by atoms with Crippen LogP contribution in [0.1, 0.15) is 40.0 Å². The third kappa shape index (κ3) is 4.10. The SMILES string of the molecule is CC(C)(C)CC(O)CN1CCCC(N)C1=O. The van der Waals surface area contributed by atoms with Crippen LogP contribution in [0.5, 0.6) is 0 Å². The smallest absolute Gasteiger partial charge is 0.239 e. The van der Waals surface area contributed by atoms with Crippen molar-refractivity contribution in [1.82, 2.24) is 4.90 Å². The van der Waals surface area contributed by atoms with E-state index in [4.69, 9.17) is 5.73 Å². The molecule has 94 valence electrons. The van der Waals surface area contributed by atoms with Crippen molar-refractivity contribution in [1.29, 1.82) is 0 Å². The minimum Gasteiger partial charge on any atom is -0.391 e. The molecule has 1 heterocycles. The molecule has 1 aliphatic rings. The van der Waals surface area contributed by atoms with Crippen LogP contribution in [0.2, 0.25) is 0 Å². The van der Waals surface area contributed by atoms with Crippen molar-refractivity contribution >= 4 is 5.91 Å². The van der Waals surface area contributed by atoms with E-state index in [1.165, 1.54) is 0 Å². The van der Waals surface area contributed by atoms with E-state index in [2.05, 4.69) is 20.8 Å². The maximum absolute atomic E-state index is 11.7. The highest BCUT2D eigenvalue weighted by molar-refractivity contribution is 5.82. The van der Waals surface area contributed by atoms with E-state index in [9.17, 15) is 9.90 Å². The predicted molar refractivity (Wildman–Crippen MR) is 63.9 cm³/mol. The summed E-state index contributed by atoms with van der Waals surface area (Å²) in [4.78, 5) is 13.4. The Morgan fingerprint density at radius 3 is 2.75 bits per heavy atom. The highest BCUT2D eigenvalue weighted by Gasteiger charge is 2.28. The lowest BCUT2D eigenvalue weighted by molar-refractivity contribution is -0.136. The van der Waals surface area contributed by atoms with Crippen molar-refractivity contribution in [2.75, 3.05) is 13.1 Å². The van der Waals surface area contributed by atoms with E-state index in [1.54, 1.807) is 4.90 Å². The third-order valence-electron chi connectivity index (χ3n) is 2.85. The van der Waals surface area contributed by atoms with Gasteiger partial charge < -0.3 is 15.7 Å². The molecule has 0 radical (unpaired) electrons. The number of carbonyl (C=O) groups excluding carboxylic acids is 1. The van der Waals surface area contributed by atoms with E-state index < -0.39 is 6.10 Å². The molecule has 0 aromatic carbocycles. The molecule has 0 aromatic rings. The highest BCUT2D eigenvalue weighted by Crippen LogP contribution is 2.22. The van der Waals surface area contributed by atoms with Gasteiger partial charge in [0.2, 0.25) is 5.91 Å². The number of rotatable bonds is 3. The first-order valence-electron chi connectivity index (χ1n) is 6.02. The lowest BCUT2D eigenvalue weighted by Gasteiger charge is -2.33.